The Balaban J connectivity index is 0.000000383. The smallest absolute Gasteiger partial charge is 0.475 e. The van der Waals surface area contributed by atoms with Gasteiger partial charge in [-0.3, -0.25) is 9.78 Å². The number of likely N-dealkylation sites (tertiary alicyclic amines) is 1. The molecule has 3 aliphatic rings. The third kappa shape index (κ3) is 6.66. The second kappa shape index (κ2) is 10.8. The van der Waals surface area contributed by atoms with Gasteiger partial charge in [-0.2, -0.15) is 13.2 Å². The molecule has 3 heterocycles. The zero-order valence-electron chi connectivity index (χ0n) is 18.8. The number of aryl methyl sites for hydroxylation is 1. The van der Waals surface area contributed by atoms with Crippen LogP contribution in [0, 0.1) is 24.2 Å². The van der Waals surface area contributed by atoms with Crippen molar-refractivity contribution in [2.24, 2.45) is 17.3 Å². The molecule has 1 N–H and O–H groups in total. The van der Waals surface area contributed by atoms with Gasteiger partial charge in [-0.05, 0) is 56.1 Å². The van der Waals surface area contributed by atoms with Crippen LogP contribution >= 0.6 is 0 Å². The molecule has 2 atom stereocenters. The monoisotopic (exact) mass is 472 g/mol. The van der Waals surface area contributed by atoms with E-state index >= 15 is 0 Å². The molecule has 0 bridgehead atoms. The first kappa shape index (κ1) is 25.4. The number of ether oxygens (including phenoxy) is 2. The molecule has 0 spiro atoms. The molecule has 1 aromatic rings. The Kier molecular flexibility index (Phi) is 8.33. The van der Waals surface area contributed by atoms with E-state index in [2.05, 4.69) is 4.98 Å². The van der Waals surface area contributed by atoms with E-state index in [0.29, 0.717) is 17.5 Å². The lowest BCUT2D eigenvalue weighted by Crippen LogP contribution is -2.35. The summed E-state index contributed by atoms with van der Waals surface area (Å²) in [6, 6.07) is 3.81. The molecule has 0 unspecified atom stereocenters. The maximum Gasteiger partial charge on any atom is 0.490 e. The maximum atomic E-state index is 12.9. The molecule has 4 rings (SSSR count). The molecule has 2 aliphatic heterocycles. The number of fused-ring (bicyclic) bond motifs is 1. The molecule has 1 aromatic heterocycles. The lowest BCUT2D eigenvalue weighted by atomic mass is 9.81. The van der Waals surface area contributed by atoms with Crippen molar-refractivity contribution >= 4 is 11.9 Å². The summed E-state index contributed by atoms with van der Waals surface area (Å²) in [7, 11) is 0. The normalized spacial score (nSPS) is 25.3. The van der Waals surface area contributed by atoms with Crippen molar-refractivity contribution in [3.63, 3.8) is 0 Å². The minimum atomic E-state index is -5.08. The van der Waals surface area contributed by atoms with E-state index in [-0.39, 0.29) is 11.3 Å². The van der Waals surface area contributed by atoms with Crippen LogP contribution in [0.2, 0.25) is 0 Å². The third-order valence-electron chi connectivity index (χ3n) is 6.78. The number of hydrogen-bond donors (Lipinski definition) is 1. The fraction of sp³-hybridized carbons (Fsp3) is 0.696. The SMILES string of the molecule is Cc1ccc(C(=O)N2C[C@H]3CCC[C@@]3(COCC3CCOCC3)C2)nc1.O=C(O)C(F)(F)F. The minimum Gasteiger partial charge on any atom is -0.475 e. The van der Waals surface area contributed by atoms with Gasteiger partial charge < -0.3 is 19.5 Å². The van der Waals surface area contributed by atoms with Gasteiger partial charge in [-0.1, -0.05) is 12.5 Å². The Morgan fingerprint density at radius 3 is 2.58 bits per heavy atom. The first-order valence-corrected chi connectivity index (χ1v) is 11.3. The van der Waals surface area contributed by atoms with Gasteiger partial charge in [-0.15, -0.1) is 0 Å². The molecule has 2 saturated heterocycles. The van der Waals surface area contributed by atoms with Crippen LogP contribution in [0.1, 0.15) is 48.2 Å². The predicted octanol–water partition coefficient (Wildman–Crippen LogP) is 3.71. The summed E-state index contributed by atoms with van der Waals surface area (Å²) in [5.74, 6) is -1.47. The highest BCUT2D eigenvalue weighted by atomic mass is 19.4. The molecule has 184 valence electrons. The largest absolute Gasteiger partial charge is 0.490 e. The Hall–Kier alpha value is -2.20. The number of rotatable bonds is 5. The molecule has 1 aliphatic carbocycles. The Labute approximate surface area is 191 Å². The number of amides is 1. The highest BCUT2D eigenvalue weighted by molar-refractivity contribution is 5.92. The first-order valence-electron chi connectivity index (χ1n) is 11.3. The molecule has 1 amide bonds. The lowest BCUT2D eigenvalue weighted by Gasteiger charge is -2.30. The molecule has 0 radical (unpaired) electrons. The number of halogens is 3. The molecule has 33 heavy (non-hydrogen) atoms. The number of carboxylic acids is 1. The van der Waals surface area contributed by atoms with E-state index in [4.69, 9.17) is 19.4 Å². The van der Waals surface area contributed by atoms with Crippen molar-refractivity contribution in [1.82, 2.24) is 9.88 Å². The predicted molar refractivity (Wildman–Crippen MR) is 113 cm³/mol. The van der Waals surface area contributed by atoms with Crippen molar-refractivity contribution in [2.75, 3.05) is 39.5 Å². The first-order chi connectivity index (χ1) is 15.6. The van der Waals surface area contributed by atoms with Gasteiger partial charge in [0.1, 0.15) is 5.69 Å². The zero-order valence-corrected chi connectivity index (χ0v) is 18.8. The molecular formula is C23H31F3N2O5. The zero-order chi connectivity index (χ0) is 24.1. The van der Waals surface area contributed by atoms with Gasteiger partial charge in [0.05, 0.1) is 6.61 Å². The molecule has 3 fully saturated rings. The Morgan fingerprint density at radius 2 is 1.97 bits per heavy atom. The van der Waals surface area contributed by atoms with Gasteiger partial charge >= 0.3 is 12.1 Å². The minimum absolute atomic E-state index is 0.0724. The highest BCUT2D eigenvalue weighted by Crippen LogP contribution is 2.49. The summed E-state index contributed by atoms with van der Waals surface area (Å²) in [5, 5.41) is 7.12. The number of carbonyl (C=O) groups excluding carboxylic acids is 1. The van der Waals surface area contributed by atoms with Crippen molar-refractivity contribution < 1.29 is 37.3 Å². The van der Waals surface area contributed by atoms with Gasteiger partial charge in [0.15, 0.2) is 0 Å². The number of pyridine rings is 1. The number of carbonyl (C=O) groups is 2. The average Bonchev–Trinajstić information content (AvgIpc) is 3.32. The number of aliphatic carboxylic acids is 1. The number of nitrogens with zero attached hydrogens (tertiary/aromatic N) is 2. The van der Waals surface area contributed by atoms with Crippen LogP contribution in [0.15, 0.2) is 18.3 Å². The molecule has 0 aromatic carbocycles. The van der Waals surface area contributed by atoms with Gasteiger partial charge in [-0.25, -0.2) is 4.79 Å². The van der Waals surface area contributed by atoms with E-state index in [1.807, 2.05) is 24.0 Å². The number of carboxylic acid groups (broad SMARTS) is 1. The van der Waals surface area contributed by atoms with E-state index in [0.717, 1.165) is 57.9 Å². The van der Waals surface area contributed by atoms with E-state index in [9.17, 15) is 18.0 Å². The van der Waals surface area contributed by atoms with Crippen LogP contribution in [0.25, 0.3) is 0 Å². The van der Waals surface area contributed by atoms with Crippen LogP contribution in [0.4, 0.5) is 13.2 Å². The summed E-state index contributed by atoms with van der Waals surface area (Å²) in [4.78, 5) is 28.1. The van der Waals surface area contributed by atoms with E-state index < -0.39 is 12.1 Å². The summed E-state index contributed by atoms with van der Waals surface area (Å²) >= 11 is 0. The second-order valence-corrected chi connectivity index (χ2v) is 9.23. The molecule has 10 heteroatoms. The van der Waals surface area contributed by atoms with Crippen molar-refractivity contribution in [1.29, 1.82) is 0 Å². The van der Waals surface area contributed by atoms with Crippen LogP contribution < -0.4 is 0 Å². The highest BCUT2D eigenvalue weighted by Gasteiger charge is 2.51. The number of aromatic nitrogens is 1. The fourth-order valence-corrected chi connectivity index (χ4v) is 4.90. The van der Waals surface area contributed by atoms with Gasteiger partial charge in [0, 0.05) is 44.5 Å². The Bertz CT molecular complexity index is 811. The topological polar surface area (TPSA) is 89.0 Å². The van der Waals surface area contributed by atoms with Gasteiger partial charge in [0.25, 0.3) is 5.91 Å². The third-order valence-corrected chi connectivity index (χ3v) is 6.78. The summed E-state index contributed by atoms with van der Waals surface area (Å²) in [5.41, 5.74) is 1.80. The maximum absolute atomic E-state index is 12.9. The molecule has 1 saturated carbocycles. The quantitative estimate of drug-likeness (QED) is 0.703. The van der Waals surface area contributed by atoms with Crippen LogP contribution in [-0.2, 0) is 14.3 Å². The van der Waals surface area contributed by atoms with Crippen LogP contribution in [-0.4, -0.2) is 72.6 Å². The number of alkyl halides is 3. The standard InChI is InChI=1S/C21H30N2O3.C2HF3O2/c1-16-4-5-19(22-11-16)20(24)23-12-18-3-2-8-21(18,14-23)15-26-13-17-6-9-25-10-7-17;3-2(4,5)1(6)7/h4-5,11,17-18H,2-3,6-10,12-15H2,1H3;(H,6,7)/t18-,21+;/m1./s1. The number of hydrogen-bond acceptors (Lipinski definition) is 5. The average molecular weight is 473 g/mol. The van der Waals surface area contributed by atoms with Crippen LogP contribution in [0.3, 0.4) is 0 Å². The summed E-state index contributed by atoms with van der Waals surface area (Å²) < 4.78 is 43.4. The van der Waals surface area contributed by atoms with Gasteiger partial charge in [0.2, 0.25) is 0 Å². The van der Waals surface area contributed by atoms with Crippen molar-refractivity contribution in [2.45, 2.75) is 45.2 Å². The van der Waals surface area contributed by atoms with Crippen molar-refractivity contribution in [3.05, 3.63) is 29.6 Å². The van der Waals surface area contributed by atoms with E-state index in [1.165, 1.54) is 19.3 Å². The second-order valence-electron chi connectivity index (χ2n) is 9.23. The summed E-state index contributed by atoms with van der Waals surface area (Å²) in [6.45, 7) is 7.04. The fourth-order valence-electron chi connectivity index (χ4n) is 4.90. The Morgan fingerprint density at radius 1 is 1.27 bits per heavy atom. The van der Waals surface area contributed by atoms with Crippen LogP contribution in [0.5, 0.6) is 0 Å². The van der Waals surface area contributed by atoms with E-state index in [1.54, 1.807) is 6.20 Å². The molecule has 7 nitrogen and oxygen atoms in total. The summed E-state index contributed by atoms with van der Waals surface area (Å²) in [6.07, 6.45) is 2.57. The molecular weight excluding hydrogens is 441 g/mol. The lowest BCUT2D eigenvalue weighted by molar-refractivity contribution is -0.192. The van der Waals surface area contributed by atoms with Crippen molar-refractivity contribution in [3.8, 4) is 0 Å².